The highest BCUT2D eigenvalue weighted by molar-refractivity contribution is 5.98. The number of fused-ring (bicyclic) bond motifs is 1. The molecule has 1 saturated heterocycles. The Morgan fingerprint density at radius 1 is 1.19 bits per heavy atom. The molecule has 1 aliphatic carbocycles. The molecule has 2 fully saturated rings. The quantitative estimate of drug-likeness (QED) is 0.728. The number of aromatic nitrogens is 1. The van der Waals surface area contributed by atoms with Crippen LogP contribution >= 0.6 is 0 Å². The monoisotopic (exact) mass is 451 g/mol. The Labute approximate surface area is 182 Å². The van der Waals surface area contributed by atoms with Crippen molar-refractivity contribution in [2.45, 2.75) is 56.3 Å². The lowest BCUT2D eigenvalue weighted by Gasteiger charge is -2.42. The van der Waals surface area contributed by atoms with E-state index < -0.39 is 12.1 Å². The van der Waals surface area contributed by atoms with Gasteiger partial charge in [0, 0.05) is 42.2 Å². The molecule has 0 bridgehead atoms. The lowest BCUT2D eigenvalue weighted by atomic mass is 9.78. The summed E-state index contributed by atoms with van der Waals surface area (Å²) >= 11 is 0. The average Bonchev–Trinajstić information content (AvgIpc) is 3.03. The van der Waals surface area contributed by atoms with Gasteiger partial charge in [-0.2, -0.15) is 13.2 Å². The SMILES string of the molecule is CN1C(=O)CCC12CCC(NC(=O)c1ccc3ncccc3c1)CC2.O=C(O)C(F)(F)F. The zero-order valence-corrected chi connectivity index (χ0v) is 17.5. The lowest BCUT2D eigenvalue weighted by Crippen LogP contribution is -2.49. The third-order valence-electron chi connectivity index (χ3n) is 6.25. The number of carboxylic acid groups (broad SMARTS) is 1. The Bertz CT molecular complexity index is 1020. The number of nitrogens with one attached hydrogen (secondary N) is 1. The molecular weight excluding hydrogens is 427 g/mol. The molecule has 1 spiro atoms. The van der Waals surface area contributed by atoms with Crippen LogP contribution in [0.15, 0.2) is 36.5 Å². The second kappa shape index (κ2) is 9.13. The Morgan fingerprint density at radius 3 is 2.41 bits per heavy atom. The number of hydrogen-bond acceptors (Lipinski definition) is 4. The highest BCUT2D eigenvalue weighted by Gasteiger charge is 2.45. The minimum Gasteiger partial charge on any atom is -0.475 e. The number of likely N-dealkylation sites (tertiary alicyclic amines) is 1. The van der Waals surface area contributed by atoms with Gasteiger partial charge in [-0.25, -0.2) is 4.79 Å². The van der Waals surface area contributed by atoms with Gasteiger partial charge in [0.25, 0.3) is 5.91 Å². The number of halogens is 3. The van der Waals surface area contributed by atoms with Crippen molar-refractivity contribution in [3.8, 4) is 0 Å². The summed E-state index contributed by atoms with van der Waals surface area (Å²) in [6.07, 6.45) is 2.10. The molecule has 172 valence electrons. The van der Waals surface area contributed by atoms with Gasteiger partial charge in [-0.15, -0.1) is 0 Å². The summed E-state index contributed by atoms with van der Waals surface area (Å²) in [6.45, 7) is 0. The van der Waals surface area contributed by atoms with E-state index in [1.165, 1.54) is 0 Å². The fourth-order valence-corrected chi connectivity index (χ4v) is 4.31. The van der Waals surface area contributed by atoms with Crippen LogP contribution in [0.2, 0.25) is 0 Å². The number of carboxylic acids is 1. The number of pyridine rings is 1. The maximum atomic E-state index is 12.6. The number of hydrogen-bond donors (Lipinski definition) is 2. The summed E-state index contributed by atoms with van der Waals surface area (Å²) < 4.78 is 31.7. The smallest absolute Gasteiger partial charge is 0.475 e. The molecule has 2 aromatic rings. The van der Waals surface area contributed by atoms with E-state index in [1.54, 1.807) is 6.20 Å². The molecule has 1 aliphatic heterocycles. The number of benzene rings is 1. The highest BCUT2D eigenvalue weighted by atomic mass is 19.4. The van der Waals surface area contributed by atoms with Crippen molar-refractivity contribution in [1.82, 2.24) is 15.2 Å². The van der Waals surface area contributed by atoms with Gasteiger partial charge in [0.05, 0.1) is 5.52 Å². The molecule has 0 radical (unpaired) electrons. The van der Waals surface area contributed by atoms with Gasteiger partial charge in [-0.05, 0) is 56.4 Å². The van der Waals surface area contributed by atoms with E-state index in [0.29, 0.717) is 12.0 Å². The lowest BCUT2D eigenvalue weighted by molar-refractivity contribution is -0.192. The van der Waals surface area contributed by atoms with Crippen LogP contribution in [0.25, 0.3) is 10.9 Å². The summed E-state index contributed by atoms with van der Waals surface area (Å²) in [6, 6.07) is 9.65. The molecule has 2 amide bonds. The van der Waals surface area contributed by atoms with Crippen LogP contribution in [0, 0.1) is 0 Å². The second-order valence-corrected chi connectivity index (χ2v) is 8.14. The molecular formula is C22H24F3N3O4. The largest absolute Gasteiger partial charge is 0.490 e. The van der Waals surface area contributed by atoms with Crippen LogP contribution in [-0.4, -0.2) is 57.6 Å². The first-order chi connectivity index (χ1) is 15.0. The molecule has 1 saturated carbocycles. The molecule has 2 heterocycles. The maximum absolute atomic E-state index is 12.6. The van der Waals surface area contributed by atoms with Crippen molar-refractivity contribution in [3.05, 3.63) is 42.1 Å². The summed E-state index contributed by atoms with van der Waals surface area (Å²) in [5, 5.41) is 11.3. The summed E-state index contributed by atoms with van der Waals surface area (Å²) in [4.78, 5) is 39.6. The Kier molecular flexibility index (Phi) is 6.71. The van der Waals surface area contributed by atoms with E-state index in [4.69, 9.17) is 9.90 Å². The third-order valence-corrected chi connectivity index (χ3v) is 6.25. The van der Waals surface area contributed by atoms with Gasteiger partial charge in [-0.3, -0.25) is 14.6 Å². The van der Waals surface area contributed by atoms with Gasteiger partial charge >= 0.3 is 12.1 Å². The number of carbonyl (C=O) groups excluding carboxylic acids is 2. The molecule has 1 aromatic carbocycles. The molecule has 7 nitrogen and oxygen atoms in total. The fraction of sp³-hybridized carbons (Fsp3) is 0.455. The molecule has 0 unspecified atom stereocenters. The van der Waals surface area contributed by atoms with Crippen LogP contribution < -0.4 is 5.32 Å². The molecule has 32 heavy (non-hydrogen) atoms. The van der Waals surface area contributed by atoms with Gasteiger partial charge in [0.15, 0.2) is 0 Å². The molecule has 10 heteroatoms. The number of rotatable bonds is 2. The van der Waals surface area contributed by atoms with Crippen LogP contribution in [0.3, 0.4) is 0 Å². The van der Waals surface area contributed by atoms with Gasteiger partial charge in [-0.1, -0.05) is 6.07 Å². The fourth-order valence-electron chi connectivity index (χ4n) is 4.31. The number of nitrogens with zero attached hydrogens (tertiary/aromatic N) is 2. The predicted molar refractivity (Wildman–Crippen MR) is 110 cm³/mol. The number of amides is 2. The van der Waals surface area contributed by atoms with E-state index in [9.17, 15) is 22.8 Å². The number of aliphatic carboxylic acids is 1. The Balaban J connectivity index is 0.000000360. The molecule has 0 atom stereocenters. The standard InChI is InChI=1S/C20H23N3O2.C2HF3O2/c1-23-18(24)8-11-20(23)9-6-16(7-10-20)22-19(25)15-4-5-17-14(13-15)3-2-12-21-17;3-2(4,5)1(6)7/h2-5,12-13,16H,6-11H2,1H3,(H,22,25);(H,6,7). The van der Waals surface area contributed by atoms with Crippen LogP contribution in [0.4, 0.5) is 13.2 Å². The summed E-state index contributed by atoms with van der Waals surface area (Å²) in [7, 11) is 1.93. The number of alkyl halides is 3. The molecule has 2 aliphatic rings. The normalized spacial score (nSPS) is 23.1. The van der Waals surface area contributed by atoms with Gasteiger partial charge in [0.1, 0.15) is 0 Å². The predicted octanol–water partition coefficient (Wildman–Crippen LogP) is 3.53. The van der Waals surface area contributed by atoms with Gasteiger partial charge < -0.3 is 15.3 Å². The minimum atomic E-state index is -5.08. The first kappa shape index (κ1) is 23.5. The van der Waals surface area contributed by atoms with Crippen LogP contribution in [0.1, 0.15) is 48.9 Å². The molecule has 1 aromatic heterocycles. The van der Waals surface area contributed by atoms with E-state index in [2.05, 4.69) is 10.3 Å². The number of carbonyl (C=O) groups is 3. The van der Waals surface area contributed by atoms with Crippen molar-refractivity contribution >= 4 is 28.7 Å². The van der Waals surface area contributed by atoms with Crippen LogP contribution in [0.5, 0.6) is 0 Å². The highest BCUT2D eigenvalue weighted by Crippen LogP contribution is 2.41. The Hall–Kier alpha value is -3.17. The Morgan fingerprint density at radius 2 is 1.84 bits per heavy atom. The first-order valence-electron chi connectivity index (χ1n) is 10.2. The molecule has 4 rings (SSSR count). The van der Waals surface area contributed by atoms with Crippen LogP contribution in [-0.2, 0) is 9.59 Å². The zero-order chi connectivity index (χ0) is 23.5. The summed E-state index contributed by atoms with van der Waals surface area (Å²) in [5.41, 5.74) is 1.61. The van der Waals surface area contributed by atoms with E-state index in [1.807, 2.05) is 42.3 Å². The maximum Gasteiger partial charge on any atom is 0.490 e. The second-order valence-electron chi connectivity index (χ2n) is 8.14. The first-order valence-corrected chi connectivity index (χ1v) is 10.2. The average molecular weight is 451 g/mol. The van der Waals surface area contributed by atoms with Crippen molar-refractivity contribution in [2.75, 3.05) is 7.05 Å². The summed E-state index contributed by atoms with van der Waals surface area (Å²) in [5.74, 6) is -2.53. The van der Waals surface area contributed by atoms with Crippen molar-refractivity contribution in [3.63, 3.8) is 0 Å². The third kappa shape index (κ3) is 5.17. The molecule has 2 N–H and O–H groups in total. The zero-order valence-electron chi connectivity index (χ0n) is 17.5. The van der Waals surface area contributed by atoms with Crippen molar-refractivity contribution in [2.24, 2.45) is 0 Å². The minimum absolute atomic E-state index is 0.0254. The van der Waals surface area contributed by atoms with Gasteiger partial charge in [0.2, 0.25) is 5.91 Å². The van der Waals surface area contributed by atoms with Crippen molar-refractivity contribution < 1.29 is 32.7 Å². The van der Waals surface area contributed by atoms with Crippen molar-refractivity contribution in [1.29, 1.82) is 0 Å². The van der Waals surface area contributed by atoms with E-state index in [-0.39, 0.29) is 23.4 Å². The van der Waals surface area contributed by atoms with E-state index in [0.717, 1.165) is 43.0 Å². The topological polar surface area (TPSA) is 99.6 Å². The van der Waals surface area contributed by atoms with E-state index >= 15 is 0 Å².